The number of benzene rings is 1. The van der Waals surface area contributed by atoms with Crippen molar-refractivity contribution in [3.8, 4) is 6.07 Å². The highest BCUT2D eigenvalue weighted by atomic mass is 32.1. The predicted octanol–water partition coefficient (Wildman–Crippen LogP) is 4.00. The van der Waals surface area contributed by atoms with Gasteiger partial charge in [-0.25, -0.2) is 4.79 Å². The third kappa shape index (κ3) is 3.81. The number of anilines is 1. The number of carbonyl (C=O) groups is 2. The van der Waals surface area contributed by atoms with E-state index in [1.54, 1.807) is 11.8 Å². The summed E-state index contributed by atoms with van der Waals surface area (Å²) in [5.74, 6) is -0.228. The van der Waals surface area contributed by atoms with Crippen LogP contribution in [0.5, 0.6) is 0 Å². The second-order valence-electron chi connectivity index (χ2n) is 6.46. The van der Waals surface area contributed by atoms with Gasteiger partial charge in [0.15, 0.2) is 0 Å². The SMILES string of the molecule is CCOC(=O)N1CCc2c(sc(NC(=O)c3cc(C)ccc3C)c2C#N)C1. The molecule has 0 saturated heterocycles. The number of nitriles is 1. The lowest BCUT2D eigenvalue weighted by Crippen LogP contribution is -2.35. The van der Waals surface area contributed by atoms with Crippen LogP contribution in [-0.2, 0) is 17.7 Å². The van der Waals surface area contributed by atoms with Crippen molar-refractivity contribution in [1.29, 1.82) is 5.26 Å². The molecule has 0 saturated carbocycles. The van der Waals surface area contributed by atoms with E-state index in [9.17, 15) is 14.9 Å². The van der Waals surface area contributed by atoms with E-state index in [0.29, 0.717) is 42.2 Å². The van der Waals surface area contributed by atoms with Crippen LogP contribution in [-0.4, -0.2) is 30.1 Å². The normalized spacial score (nSPS) is 12.9. The molecule has 1 N–H and O–H groups in total. The zero-order chi connectivity index (χ0) is 19.6. The van der Waals surface area contributed by atoms with Gasteiger partial charge in [-0.05, 0) is 44.4 Å². The molecule has 6 nitrogen and oxygen atoms in total. The van der Waals surface area contributed by atoms with E-state index in [-0.39, 0.29) is 12.0 Å². The Labute approximate surface area is 162 Å². The first kappa shape index (κ1) is 18.9. The van der Waals surface area contributed by atoms with E-state index < -0.39 is 0 Å². The lowest BCUT2D eigenvalue weighted by Gasteiger charge is -2.25. The minimum absolute atomic E-state index is 0.228. The number of hydrogen-bond donors (Lipinski definition) is 1. The second-order valence-corrected chi connectivity index (χ2v) is 7.57. The summed E-state index contributed by atoms with van der Waals surface area (Å²) in [6, 6.07) is 7.92. The average molecular weight is 383 g/mol. The first-order valence-electron chi connectivity index (χ1n) is 8.79. The van der Waals surface area contributed by atoms with Crippen LogP contribution < -0.4 is 5.32 Å². The number of hydrogen-bond acceptors (Lipinski definition) is 5. The molecule has 2 aromatic rings. The molecule has 1 aromatic carbocycles. The van der Waals surface area contributed by atoms with Gasteiger partial charge in [0.25, 0.3) is 5.91 Å². The maximum atomic E-state index is 12.7. The number of carbonyl (C=O) groups excluding carboxylic acids is 2. The van der Waals surface area contributed by atoms with Crippen LogP contribution >= 0.6 is 11.3 Å². The first-order valence-corrected chi connectivity index (χ1v) is 9.61. The molecule has 0 fully saturated rings. The lowest BCUT2D eigenvalue weighted by molar-refractivity contribution is 0.102. The van der Waals surface area contributed by atoms with Gasteiger partial charge in [-0.2, -0.15) is 5.26 Å². The fourth-order valence-corrected chi connectivity index (χ4v) is 4.34. The van der Waals surface area contributed by atoms with E-state index in [1.807, 2.05) is 32.0 Å². The Kier molecular flexibility index (Phi) is 5.47. The molecule has 27 heavy (non-hydrogen) atoms. The molecule has 0 bridgehead atoms. The average Bonchev–Trinajstić information content (AvgIpc) is 2.99. The molecule has 0 aliphatic carbocycles. The van der Waals surface area contributed by atoms with E-state index in [1.165, 1.54) is 11.3 Å². The van der Waals surface area contributed by atoms with E-state index >= 15 is 0 Å². The van der Waals surface area contributed by atoms with Gasteiger partial charge in [-0.1, -0.05) is 17.7 Å². The molecule has 3 rings (SSSR count). The Hall–Kier alpha value is -2.85. The Morgan fingerprint density at radius 3 is 2.85 bits per heavy atom. The molecule has 1 aliphatic heterocycles. The third-order valence-electron chi connectivity index (χ3n) is 4.56. The smallest absolute Gasteiger partial charge is 0.410 e. The second kappa shape index (κ2) is 7.80. The standard InChI is InChI=1S/C20H21N3O3S/c1-4-26-20(25)23-8-7-14-16(10-21)19(27-17(14)11-23)22-18(24)15-9-12(2)5-6-13(15)3/h5-6,9H,4,7-8,11H2,1-3H3,(H,22,24). The maximum Gasteiger partial charge on any atom is 0.410 e. The quantitative estimate of drug-likeness (QED) is 0.868. The van der Waals surface area contributed by atoms with Crippen LogP contribution in [0.4, 0.5) is 9.80 Å². The summed E-state index contributed by atoms with van der Waals surface area (Å²) in [6.07, 6.45) is 0.225. The van der Waals surface area contributed by atoms with Crippen molar-refractivity contribution in [3.05, 3.63) is 50.9 Å². The molecular weight excluding hydrogens is 362 g/mol. The van der Waals surface area contributed by atoms with Crippen LogP contribution in [0, 0.1) is 25.2 Å². The molecule has 0 atom stereocenters. The van der Waals surface area contributed by atoms with Crippen LogP contribution in [0.1, 0.15) is 44.4 Å². The number of ether oxygens (including phenoxy) is 1. The summed E-state index contributed by atoms with van der Waals surface area (Å²) >= 11 is 1.35. The van der Waals surface area contributed by atoms with Crippen molar-refractivity contribution in [2.45, 2.75) is 33.7 Å². The molecule has 2 heterocycles. The number of rotatable bonds is 3. The number of thiophene rings is 1. The Balaban J connectivity index is 1.86. The molecule has 1 aromatic heterocycles. The highest BCUT2D eigenvalue weighted by Gasteiger charge is 2.28. The van der Waals surface area contributed by atoms with Crippen molar-refractivity contribution in [2.75, 3.05) is 18.5 Å². The number of fused-ring (bicyclic) bond motifs is 1. The fraction of sp³-hybridized carbons (Fsp3) is 0.350. The Bertz CT molecular complexity index is 943. The lowest BCUT2D eigenvalue weighted by atomic mass is 10.0. The molecule has 0 unspecified atom stereocenters. The Morgan fingerprint density at radius 1 is 1.37 bits per heavy atom. The summed E-state index contributed by atoms with van der Waals surface area (Å²) in [5.41, 5.74) is 3.89. The van der Waals surface area contributed by atoms with Gasteiger partial charge in [-0.15, -0.1) is 11.3 Å². The van der Waals surface area contributed by atoms with Gasteiger partial charge in [0.2, 0.25) is 0 Å². The topological polar surface area (TPSA) is 82.4 Å². The largest absolute Gasteiger partial charge is 0.450 e. The van der Waals surface area contributed by atoms with Gasteiger partial charge >= 0.3 is 6.09 Å². The summed E-state index contributed by atoms with van der Waals surface area (Å²) in [7, 11) is 0. The molecule has 7 heteroatoms. The minimum atomic E-state index is -0.351. The number of aryl methyl sites for hydroxylation is 2. The minimum Gasteiger partial charge on any atom is -0.450 e. The molecular formula is C20H21N3O3S. The summed E-state index contributed by atoms with van der Waals surface area (Å²) < 4.78 is 5.06. The van der Waals surface area contributed by atoms with E-state index in [4.69, 9.17) is 4.74 Å². The molecule has 1 aliphatic rings. The monoisotopic (exact) mass is 383 g/mol. The number of nitrogens with zero attached hydrogens (tertiary/aromatic N) is 2. The van der Waals surface area contributed by atoms with Crippen LogP contribution in [0.15, 0.2) is 18.2 Å². The summed E-state index contributed by atoms with van der Waals surface area (Å²) in [6.45, 7) is 6.82. The molecule has 2 amide bonds. The third-order valence-corrected chi connectivity index (χ3v) is 5.69. The first-order chi connectivity index (χ1) is 12.9. The number of amides is 2. The van der Waals surface area contributed by atoms with Crippen LogP contribution in [0.3, 0.4) is 0 Å². The van der Waals surface area contributed by atoms with Gasteiger partial charge in [0, 0.05) is 17.0 Å². The summed E-state index contributed by atoms with van der Waals surface area (Å²) in [4.78, 5) is 27.2. The highest BCUT2D eigenvalue weighted by Crippen LogP contribution is 2.37. The Morgan fingerprint density at radius 2 is 2.15 bits per heavy atom. The van der Waals surface area contributed by atoms with E-state index in [0.717, 1.165) is 21.6 Å². The highest BCUT2D eigenvalue weighted by molar-refractivity contribution is 7.16. The van der Waals surface area contributed by atoms with Crippen molar-refractivity contribution < 1.29 is 14.3 Å². The van der Waals surface area contributed by atoms with Crippen LogP contribution in [0.25, 0.3) is 0 Å². The predicted molar refractivity (Wildman–Crippen MR) is 104 cm³/mol. The van der Waals surface area contributed by atoms with Gasteiger partial charge in [-0.3, -0.25) is 4.79 Å². The molecule has 0 spiro atoms. The van der Waals surface area contributed by atoms with Crippen molar-refractivity contribution in [2.24, 2.45) is 0 Å². The van der Waals surface area contributed by atoms with Gasteiger partial charge in [0.05, 0.1) is 18.7 Å². The molecule has 0 radical (unpaired) electrons. The van der Waals surface area contributed by atoms with Crippen molar-refractivity contribution in [1.82, 2.24) is 4.90 Å². The van der Waals surface area contributed by atoms with E-state index in [2.05, 4.69) is 11.4 Å². The molecule has 140 valence electrons. The zero-order valence-electron chi connectivity index (χ0n) is 15.6. The maximum absolute atomic E-state index is 12.7. The zero-order valence-corrected chi connectivity index (χ0v) is 16.4. The van der Waals surface area contributed by atoms with Crippen molar-refractivity contribution in [3.63, 3.8) is 0 Å². The van der Waals surface area contributed by atoms with Gasteiger partial charge in [0.1, 0.15) is 11.1 Å². The van der Waals surface area contributed by atoms with Crippen LogP contribution in [0.2, 0.25) is 0 Å². The number of nitrogens with one attached hydrogen (secondary N) is 1. The summed E-state index contributed by atoms with van der Waals surface area (Å²) in [5, 5.41) is 13.0. The van der Waals surface area contributed by atoms with Gasteiger partial charge < -0.3 is 15.0 Å². The fourth-order valence-electron chi connectivity index (χ4n) is 3.13. The van der Waals surface area contributed by atoms with Crippen molar-refractivity contribution >= 4 is 28.3 Å².